The van der Waals surface area contributed by atoms with E-state index in [1.807, 2.05) is 48.5 Å². The Bertz CT molecular complexity index is 3620. The first-order valence-electron chi connectivity index (χ1n) is 32.2. The van der Waals surface area contributed by atoms with Gasteiger partial charge in [0.25, 0.3) is 0 Å². The Balaban J connectivity index is 0.000000171. The number of carbonyl (C=O) groups is 9. The molecule has 11 rings (SSSR count). The second-order valence-electron chi connectivity index (χ2n) is 25.2. The van der Waals surface area contributed by atoms with Crippen LogP contribution in [0.3, 0.4) is 0 Å². The molecule has 0 radical (unpaired) electrons. The Morgan fingerprint density at radius 1 is 0.378 bits per heavy atom. The molecular formula is C72H79Cl4N13O9. The van der Waals surface area contributed by atoms with E-state index in [0.29, 0.717) is 58.5 Å². The molecule has 0 bridgehead atoms. The minimum Gasteiger partial charge on any atom is -0.366 e. The average Bonchev–Trinajstić information content (AvgIpc) is 0.822. The third-order valence-corrected chi connectivity index (χ3v) is 18.4. The second kappa shape index (κ2) is 35.3. The van der Waals surface area contributed by atoms with E-state index in [4.69, 9.17) is 63.6 Å². The molecule has 4 aromatic carbocycles. The zero-order chi connectivity index (χ0) is 70.7. The Morgan fingerprint density at radius 2 is 0.643 bits per heavy atom. The van der Waals surface area contributed by atoms with Gasteiger partial charge >= 0.3 is 35.4 Å². The van der Waals surface area contributed by atoms with Crippen LogP contribution in [0.5, 0.6) is 0 Å². The van der Waals surface area contributed by atoms with E-state index in [9.17, 15) is 43.2 Å². The Kier molecular flexibility index (Phi) is 26.8. The van der Waals surface area contributed by atoms with Gasteiger partial charge in [-0.3, -0.25) is 58.1 Å². The lowest BCUT2D eigenvalue weighted by Gasteiger charge is -2.38. The number of aromatic nitrogens is 3. The number of carbonyl (C=O) groups excluding carboxylic acids is 9. The number of benzene rings is 4. The van der Waals surface area contributed by atoms with Crippen LogP contribution in [0.1, 0.15) is 157 Å². The van der Waals surface area contributed by atoms with Crippen molar-refractivity contribution in [2.24, 2.45) is 40.9 Å². The molecule has 0 unspecified atom stereocenters. The molecule has 7 aromatic rings. The highest BCUT2D eigenvalue weighted by molar-refractivity contribution is 6.41. The minimum atomic E-state index is -0.781. The van der Waals surface area contributed by atoms with Crippen LogP contribution in [-0.4, -0.2) is 109 Å². The number of nitrogens with two attached hydrogens (primary N) is 3. The maximum atomic E-state index is 12.9. The molecule has 514 valence electrons. The molecule has 8 atom stereocenters. The molecule has 0 aliphatic carbocycles. The highest BCUT2D eigenvalue weighted by Crippen LogP contribution is 2.37. The van der Waals surface area contributed by atoms with Gasteiger partial charge in [0.05, 0.1) is 70.5 Å². The fraction of sp³-hybridized carbons (Fsp3) is 0.333. The Labute approximate surface area is 589 Å². The van der Waals surface area contributed by atoms with Crippen molar-refractivity contribution in [1.29, 1.82) is 0 Å². The van der Waals surface area contributed by atoms with Gasteiger partial charge in [0, 0.05) is 64.4 Å². The molecular weight excluding hydrogens is 1330 g/mol. The fourth-order valence-electron chi connectivity index (χ4n) is 12.1. The van der Waals surface area contributed by atoms with E-state index < -0.39 is 53.2 Å². The summed E-state index contributed by atoms with van der Waals surface area (Å²) in [5.74, 6) is -4.53. The topological polar surface area (TPSA) is 328 Å². The van der Waals surface area contributed by atoms with Crippen LogP contribution in [0.2, 0.25) is 20.1 Å². The first kappa shape index (κ1) is 74.5. The van der Waals surface area contributed by atoms with Crippen molar-refractivity contribution >= 4 is 117 Å². The molecule has 4 aliphatic rings. The minimum absolute atomic E-state index is 0.149. The SMILES string of the molecule is C[C@@H]1CC[C@@H](c2ccc(Cl)cc2)N(C(=O)C(=O)Nc2cncc(C(N)=O)c2)C1.C[C@@H]1CC[C@@H](c2ccc(Cl)cc2)N(C(=O)C(=O)Nc2cncc(C(N)=O)c2)C1.C[C@@H]1CC[C@@H](c2ccc(Cl)cc2)NC1.C[C@H]1CC[C@H](c2ccc(Cl)cc2)N(C(=O)C(=O)Nc2cncc(C(N)=O)c2)C1. The number of hydrogen-bond donors (Lipinski definition) is 7. The van der Waals surface area contributed by atoms with Crippen LogP contribution in [-0.2, 0) is 28.8 Å². The van der Waals surface area contributed by atoms with E-state index in [0.717, 1.165) is 72.7 Å². The molecule has 4 aliphatic heterocycles. The summed E-state index contributed by atoms with van der Waals surface area (Å²) in [7, 11) is 0. The number of likely N-dealkylation sites (tertiary alicyclic amines) is 3. The number of nitrogens with zero attached hydrogens (tertiary/aromatic N) is 6. The van der Waals surface area contributed by atoms with Crippen LogP contribution in [0.15, 0.2) is 152 Å². The lowest BCUT2D eigenvalue weighted by molar-refractivity contribution is -0.146. The predicted octanol–water partition coefficient (Wildman–Crippen LogP) is 11.7. The summed E-state index contributed by atoms with van der Waals surface area (Å²) in [6, 6.07) is 34.2. The van der Waals surface area contributed by atoms with Gasteiger partial charge < -0.3 is 53.2 Å². The summed E-state index contributed by atoms with van der Waals surface area (Å²) in [4.78, 5) is 127. The Hall–Kier alpha value is -9.32. The lowest BCUT2D eigenvalue weighted by atomic mass is 9.90. The van der Waals surface area contributed by atoms with Gasteiger partial charge in [0.2, 0.25) is 17.7 Å². The second-order valence-corrected chi connectivity index (χ2v) is 26.9. The number of pyridine rings is 3. The highest BCUT2D eigenvalue weighted by atomic mass is 35.5. The van der Waals surface area contributed by atoms with Crippen molar-refractivity contribution in [3.63, 3.8) is 0 Å². The molecule has 3 aromatic heterocycles. The van der Waals surface area contributed by atoms with Crippen molar-refractivity contribution in [2.75, 3.05) is 42.1 Å². The molecule has 26 heteroatoms. The van der Waals surface area contributed by atoms with E-state index in [1.165, 1.54) is 73.8 Å². The standard InChI is InChI=1S/3C20H21ClN4O3.C12H16ClN/c3*1-12-2-7-17(13-3-5-15(21)6-4-13)25(11-12)20(28)19(27)24-16-8-14(18(22)26)9-23-10-16;1-9-2-7-12(14-8-9)10-3-5-11(13)6-4-10/h3*3-6,8-10,12,17H,2,7,11H2,1H3,(H2,22,26)(H,24,27);3-6,9,12,14H,2,7-8H2,1H3/t3*12-,17+;9-,12+/m1101/s1. The molecule has 0 spiro atoms. The van der Waals surface area contributed by atoms with Crippen LogP contribution in [0.25, 0.3) is 0 Å². The molecule has 4 saturated heterocycles. The smallest absolute Gasteiger partial charge is 0.313 e. The van der Waals surface area contributed by atoms with Crippen LogP contribution < -0.4 is 38.5 Å². The number of rotatable bonds is 10. The maximum absolute atomic E-state index is 12.9. The molecule has 0 saturated carbocycles. The van der Waals surface area contributed by atoms with Gasteiger partial charge in [0.1, 0.15) is 0 Å². The normalized spacial score (nSPS) is 20.3. The van der Waals surface area contributed by atoms with Gasteiger partial charge in [-0.2, -0.15) is 0 Å². The predicted molar refractivity (Wildman–Crippen MR) is 378 cm³/mol. The van der Waals surface area contributed by atoms with E-state index in [1.54, 1.807) is 51.1 Å². The molecule has 10 N–H and O–H groups in total. The summed E-state index contributed by atoms with van der Waals surface area (Å²) >= 11 is 23.7. The summed E-state index contributed by atoms with van der Waals surface area (Å²) in [6.07, 6.45) is 15.7. The highest BCUT2D eigenvalue weighted by Gasteiger charge is 2.37. The van der Waals surface area contributed by atoms with Gasteiger partial charge in [0.15, 0.2) is 0 Å². The van der Waals surface area contributed by atoms with Gasteiger partial charge in [-0.1, -0.05) is 123 Å². The quantitative estimate of drug-likeness (QED) is 0.0627. The zero-order valence-electron chi connectivity index (χ0n) is 54.6. The number of amides is 9. The van der Waals surface area contributed by atoms with Crippen molar-refractivity contribution in [3.8, 4) is 0 Å². The third kappa shape index (κ3) is 21.1. The summed E-state index contributed by atoms with van der Waals surface area (Å²) < 4.78 is 0. The molecule has 9 amide bonds. The molecule has 4 fully saturated rings. The Morgan fingerprint density at radius 3 is 0.898 bits per heavy atom. The first-order chi connectivity index (χ1) is 46.8. The number of nitrogens with one attached hydrogen (secondary N) is 4. The van der Waals surface area contributed by atoms with Gasteiger partial charge in [-0.05, 0) is 171 Å². The number of halogens is 4. The number of piperidine rings is 4. The van der Waals surface area contributed by atoms with Crippen molar-refractivity contribution in [2.45, 2.75) is 103 Å². The largest absolute Gasteiger partial charge is 0.366 e. The van der Waals surface area contributed by atoms with E-state index in [2.05, 4.69) is 76.0 Å². The fourth-order valence-corrected chi connectivity index (χ4v) is 12.6. The van der Waals surface area contributed by atoms with Crippen molar-refractivity contribution in [3.05, 3.63) is 211 Å². The zero-order valence-corrected chi connectivity index (χ0v) is 57.7. The van der Waals surface area contributed by atoms with Crippen LogP contribution in [0.4, 0.5) is 17.1 Å². The van der Waals surface area contributed by atoms with Crippen LogP contribution in [0, 0.1) is 23.7 Å². The van der Waals surface area contributed by atoms with Crippen LogP contribution >= 0.6 is 46.4 Å². The summed E-state index contributed by atoms with van der Waals surface area (Å²) in [6.45, 7) is 11.0. The summed E-state index contributed by atoms with van der Waals surface area (Å²) in [5.41, 5.74) is 21.0. The number of hydrogen-bond acceptors (Lipinski definition) is 13. The van der Waals surface area contributed by atoms with Gasteiger partial charge in [-0.25, -0.2) is 0 Å². The molecule has 98 heavy (non-hydrogen) atoms. The monoisotopic (exact) mass is 1410 g/mol. The lowest BCUT2D eigenvalue weighted by Crippen LogP contribution is -2.46. The average molecular weight is 1410 g/mol. The summed E-state index contributed by atoms with van der Waals surface area (Å²) in [5, 5.41) is 13.8. The maximum Gasteiger partial charge on any atom is 0.313 e. The molecule has 22 nitrogen and oxygen atoms in total. The van der Waals surface area contributed by atoms with E-state index in [-0.39, 0.29) is 51.9 Å². The number of primary amides is 3. The van der Waals surface area contributed by atoms with Gasteiger partial charge in [-0.15, -0.1) is 0 Å². The third-order valence-electron chi connectivity index (χ3n) is 17.4. The van der Waals surface area contributed by atoms with Crippen molar-refractivity contribution < 1.29 is 43.2 Å². The van der Waals surface area contributed by atoms with E-state index >= 15 is 0 Å². The number of anilines is 3. The first-order valence-corrected chi connectivity index (χ1v) is 33.7. The molecule has 7 heterocycles. The van der Waals surface area contributed by atoms with Crippen molar-refractivity contribution in [1.82, 2.24) is 35.0 Å².